The van der Waals surface area contributed by atoms with Crippen LogP contribution in [0.25, 0.3) is 98.7 Å². The lowest BCUT2D eigenvalue weighted by atomic mass is 9.83. The van der Waals surface area contributed by atoms with Crippen LogP contribution < -0.4 is 9.80 Å². The highest BCUT2D eigenvalue weighted by Crippen LogP contribution is 2.51. The SMILES string of the molecule is C1=CC(c2ccccc2)CC=C1N(c1ccc(-c2ccccc2)cc1)c1ccc2c(-c3cccc4ccccc34)c3cc(N(c4ccc(-c5ccccc5)cc4)c4ccc(-c5ccccc5)cc4)ccc3c(-c3cccc4ccccc34)c2c1. The second-order valence-corrected chi connectivity index (χ2v) is 21.9. The van der Waals surface area contributed by atoms with Crippen molar-refractivity contribution in [2.75, 3.05) is 9.80 Å². The predicted octanol–water partition coefficient (Wildman–Crippen LogP) is 22.9. The minimum absolute atomic E-state index is 0.296. The molecule has 0 saturated heterocycles. The van der Waals surface area contributed by atoms with Crippen LogP contribution in [0, 0.1) is 0 Å². The minimum atomic E-state index is 0.296. The third-order valence-electron chi connectivity index (χ3n) is 17.0. The van der Waals surface area contributed by atoms with Crippen molar-refractivity contribution >= 4 is 71.5 Å². The van der Waals surface area contributed by atoms with E-state index in [0.29, 0.717) is 5.92 Å². The number of rotatable bonds is 12. The second-order valence-electron chi connectivity index (χ2n) is 21.9. The summed E-state index contributed by atoms with van der Waals surface area (Å²) in [5.74, 6) is 0.296. The fourth-order valence-corrected chi connectivity index (χ4v) is 12.9. The lowest BCUT2D eigenvalue weighted by Crippen LogP contribution is -2.17. The van der Waals surface area contributed by atoms with Crippen molar-refractivity contribution in [1.29, 1.82) is 0 Å². The van der Waals surface area contributed by atoms with Gasteiger partial charge in [0.25, 0.3) is 0 Å². The molecule has 0 N–H and O–H groups in total. The maximum Gasteiger partial charge on any atom is 0.0468 e. The Bertz CT molecular complexity index is 4670. The molecule has 84 heavy (non-hydrogen) atoms. The van der Waals surface area contributed by atoms with Gasteiger partial charge in [-0.1, -0.05) is 267 Å². The minimum Gasteiger partial charge on any atom is -0.311 e. The highest BCUT2D eigenvalue weighted by Gasteiger charge is 2.25. The van der Waals surface area contributed by atoms with E-state index < -0.39 is 0 Å². The first-order chi connectivity index (χ1) is 41.7. The van der Waals surface area contributed by atoms with E-state index in [-0.39, 0.29) is 0 Å². The van der Waals surface area contributed by atoms with E-state index in [1.807, 2.05) is 0 Å². The van der Waals surface area contributed by atoms with E-state index in [1.54, 1.807) is 0 Å². The molecule has 14 aromatic carbocycles. The Morgan fingerprint density at radius 2 is 0.619 bits per heavy atom. The van der Waals surface area contributed by atoms with Gasteiger partial charge >= 0.3 is 0 Å². The molecule has 1 aliphatic rings. The molecule has 0 fully saturated rings. The number of anilines is 5. The molecule has 14 aromatic rings. The number of fused-ring (bicyclic) bond motifs is 4. The zero-order valence-corrected chi connectivity index (χ0v) is 46.4. The molecule has 0 bridgehead atoms. The van der Waals surface area contributed by atoms with E-state index >= 15 is 0 Å². The van der Waals surface area contributed by atoms with E-state index in [9.17, 15) is 0 Å². The van der Waals surface area contributed by atoms with Gasteiger partial charge < -0.3 is 9.80 Å². The summed E-state index contributed by atoms with van der Waals surface area (Å²) in [6, 6.07) is 116. The Labute approximate surface area is 491 Å². The maximum absolute atomic E-state index is 2.48. The van der Waals surface area contributed by atoms with Crippen molar-refractivity contribution < 1.29 is 0 Å². The summed E-state index contributed by atoms with van der Waals surface area (Å²) in [6.07, 6.45) is 8.05. The summed E-state index contributed by atoms with van der Waals surface area (Å²) in [6.45, 7) is 0. The Balaban J connectivity index is 0.990. The second kappa shape index (κ2) is 21.9. The fourth-order valence-electron chi connectivity index (χ4n) is 12.9. The highest BCUT2D eigenvalue weighted by molar-refractivity contribution is 6.26. The first-order valence-corrected chi connectivity index (χ1v) is 29.2. The first kappa shape index (κ1) is 50.2. The molecule has 0 amide bonds. The van der Waals surface area contributed by atoms with Crippen molar-refractivity contribution in [3.63, 3.8) is 0 Å². The van der Waals surface area contributed by atoms with Crippen LogP contribution in [0.3, 0.4) is 0 Å². The number of nitrogens with zero attached hydrogens (tertiary/aromatic N) is 2. The summed E-state index contributed by atoms with van der Waals surface area (Å²) < 4.78 is 0. The predicted molar refractivity (Wildman–Crippen MR) is 358 cm³/mol. The van der Waals surface area contributed by atoms with Gasteiger partial charge in [0, 0.05) is 40.1 Å². The first-order valence-electron chi connectivity index (χ1n) is 29.2. The molecule has 2 heteroatoms. The van der Waals surface area contributed by atoms with Gasteiger partial charge in [-0.05, 0) is 177 Å². The summed E-state index contributed by atoms with van der Waals surface area (Å²) >= 11 is 0. The van der Waals surface area contributed by atoms with Crippen LogP contribution in [0.5, 0.6) is 0 Å². The van der Waals surface area contributed by atoms with Gasteiger partial charge in [-0.3, -0.25) is 0 Å². The Morgan fingerprint density at radius 3 is 1.05 bits per heavy atom. The Morgan fingerprint density at radius 1 is 0.262 bits per heavy atom. The molecule has 1 unspecified atom stereocenters. The van der Waals surface area contributed by atoms with Gasteiger partial charge in [0.2, 0.25) is 0 Å². The van der Waals surface area contributed by atoms with Crippen LogP contribution in [0.2, 0.25) is 0 Å². The summed E-state index contributed by atoms with van der Waals surface area (Å²) in [5, 5.41) is 9.57. The van der Waals surface area contributed by atoms with E-state index in [0.717, 1.165) is 40.6 Å². The van der Waals surface area contributed by atoms with Crippen LogP contribution in [-0.2, 0) is 0 Å². The van der Waals surface area contributed by atoms with Crippen molar-refractivity contribution in [2.24, 2.45) is 0 Å². The molecular formula is C82H58N2. The molecule has 0 saturated carbocycles. The van der Waals surface area contributed by atoms with Crippen LogP contribution >= 0.6 is 0 Å². The smallest absolute Gasteiger partial charge is 0.0468 e. The van der Waals surface area contributed by atoms with Crippen LogP contribution in [-0.4, -0.2) is 0 Å². The highest BCUT2D eigenvalue weighted by atomic mass is 15.1. The number of hydrogen-bond donors (Lipinski definition) is 0. The van der Waals surface area contributed by atoms with E-state index in [2.05, 4.69) is 343 Å². The molecule has 1 aliphatic carbocycles. The normalized spacial score (nSPS) is 13.1. The van der Waals surface area contributed by atoms with Gasteiger partial charge in [0.1, 0.15) is 0 Å². The van der Waals surface area contributed by atoms with E-state index in [4.69, 9.17) is 0 Å². The van der Waals surface area contributed by atoms with Crippen molar-refractivity contribution in [3.05, 3.63) is 345 Å². The molecule has 396 valence electrons. The lowest BCUT2D eigenvalue weighted by molar-refractivity contribution is 0.840. The average Bonchev–Trinajstić information content (AvgIpc) is 1.20. The molecule has 15 rings (SSSR count). The molecular weight excluding hydrogens is 1010 g/mol. The molecule has 2 nitrogen and oxygen atoms in total. The third kappa shape index (κ3) is 9.40. The monoisotopic (exact) mass is 1070 g/mol. The van der Waals surface area contributed by atoms with Gasteiger partial charge in [-0.15, -0.1) is 0 Å². The largest absolute Gasteiger partial charge is 0.311 e. The topological polar surface area (TPSA) is 6.48 Å². The van der Waals surface area contributed by atoms with Gasteiger partial charge in [-0.25, -0.2) is 0 Å². The van der Waals surface area contributed by atoms with Crippen LogP contribution in [0.4, 0.5) is 28.4 Å². The number of hydrogen-bond acceptors (Lipinski definition) is 2. The van der Waals surface area contributed by atoms with Gasteiger partial charge in [0.15, 0.2) is 0 Å². The van der Waals surface area contributed by atoms with Crippen molar-refractivity contribution in [2.45, 2.75) is 12.3 Å². The Hall–Kier alpha value is -10.8. The third-order valence-corrected chi connectivity index (χ3v) is 17.0. The van der Waals surface area contributed by atoms with Crippen LogP contribution in [0.15, 0.2) is 339 Å². The van der Waals surface area contributed by atoms with Gasteiger partial charge in [0.05, 0.1) is 0 Å². The lowest BCUT2D eigenvalue weighted by Gasteiger charge is -2.30. The molecule has 1 atom stereocenters. The van der Waals surface area contributed by atoms with Crippen LogP contribution in [0.1, 0.15) is 17.9 Å². The molecule has 0 heterocycles. The van der Waals surface area contributed by atoms with Crippen molar-refractivity contribution in [3.8, 4) is 55.6 Å². The summed E-state index contributed by atoms with van der Waals surface area (Å²) in [5.41, 5.74) is 19.8. The van der Waals surface area contributed by atoms with Crippen molar-refractivity contribution in [1.82, 2.24) is 0 Å². The summed E-state index contributed by atoms with van der Waals surface area (Å²) in [7, 11) is 0. The number of allylic oxidation sites excluding steroid dienone is 3. The molecule has 0 aromatic heterocycles. The average molecular weight is 1070 g/mol. The van der Waals surface area contributed by atoms with E-state index in [1.165, 1.54) is 104 Å². The molecule has 0 aliphatic heterocycles. The zero-order valence-electron chi connectivity index (χ0n) is 46.4. The fraction of sp³-hybridized carbons (Fsp3) is 0.0244. The quantitative estimate of drug-likeness (QED) is 0.113. The summed E-state index contributed by atoms with van der Waals surface area (Å²) in [4.78, 5) is 4.89. The standard InChI is InChI=1S/C82H58N2/c1-5-19-57(20-6-1)61-35-43-67(44-36-61)83(68-45-37-62(38-46-68)58-21-7-2-8-22-58)71-51-53-77-79(55-71)81(75-33-17-29-65-27-13-15-31-73(65)75)78-54-52-72(56-80(78)82(77)76-34-18-30-66-28-14-16-32-74(66)76)84(69-47-39-63(40-48-69)59-23-9-3-10-24-59)70-49-41-64(42-50-70)60-25-11-4-12-26-60/h1-41,43-56,64H,42H2. The molecule has 0 radical (unpaired) electrons. The zero-order chi connectivity index (χ0) is 55.8. The van der Waals surface area contributed by atoms with Gasteiger partial charge in [-0.2, -0.15) is 0 Å². The molecule has 0 spiro atoms. The Kier molecular flexibility index (Phi) is 13.1. The maximum atomic E-state index is 2.48. The number of benzene rings is 14.